The lowest BCUT2D eigenvalue weighted by Gasteiger charge is -2.15. The molecule has 0 aliphatic carbocycles. The molecule has 1 aliphatic rings. The number of nitrogens with two attached hydrogens (primary N) is 1. The van der Waals surface area contributed by atoms with Gasteiger partial charge in [0.05, 0.1) is 17.8 Å². The molecule has 1 amide bonds. The van der Waals surface area contributed by atoms with Crippen molar-refractivity contribution >= 4 is 23.2 Å². The van der Waals surface area contributed by atoms with Crippen LogP contribution in [-0.2, 0) is 17.9 Å². The molecule has 4 heterocycles. The van der Waals surface area contributed by atoms with E-state index in [4.69, 9.17) is 27.1 Å². The highest BCUT2D eigenvalue weighted by molar-refractivity contribution is 6.36. The molecule has 0 radical (unpaired) electrons. The van der Waals surface area contributed by atoms with E-state index in [2.05, 4.69) is 20.9 Å². The zero-order valence-electron chi connectivity index (χ0n) is 23.1. The number of methoxy groups -OCH3 is 1. The fourth-order valence-corrected chi connectivity index (χ4v) is 5.26. The van der Waals surface area contributed by atoms with Gasteiger partial charge in [-0.15, -0.1) is 0 Å². The number of pyridine rings is 2. The van der Waals surface area contributed by atoms with E-state index in [1.54, 1.807) is 19.5 Å². The Morgan fingerprint density at radius 1 is 1.15 bits per heavy atom. The summed E-state index contributed by atoms with van der Waals surface area (Å²) in [6, 6.07) is 13.5. The van der Waals surface area contributed by atoms with Crippen LogP contribution in [0.5, 0.6) is 5.88 Å². The first-order chi connectivity index (χ1) is 19.8. The van der Waals surface area contributed by atoms with Crippen LogP contribution in [0.3, 0.4) is 0 Å². The molecule has 1 aromatic carbocycles. The van der Waals surface area contributed by atoms with E-state index in [1.165, 1.54) is 4.40 Å². The van der Waals surface area contributed by atoms with Gasteiger partial charge in [-0.25, -0.2) is 9.97 Å². The molecular weight excluding hydrogens is 542 g/mol. The van der Waals surface area contributed by atoms with E-state index in [0.717, 1.165) is 28.7 Å². The maximum Gasteiger partial charge on any atom is 0.262 e. The lowest BCUT2D eigenvalue weighted by Crippen LogP contribution is -2.35. The minimum atomic E-state index is -0.127. The number of halogens is 1. The van der Waals surface area contributed by atoms with E-state index >= 15 is 0 Å². The Morgan fingerprint density at radius 2 is 1.95 bits per heavy atom. The molecule has 41 heavy (non-hydrogen) atoms. The van der Waals surface area contributed by atoms with Gasteiger partial charge in [-0.3, -0.25) is 14.0 Å². The van der Waals surface area contributed by atoms with Crippen molar-refractivity contribution < 1.29 is 9.53 Å². The SMILES string of the molecule is COc1nc(-c2cccc(-c3ccn4c(=O)c(CNCC(C)N)cnc4c3)c2Cl)ccc1CNC[C@@H]1CCC(=O)N1. The molecule has 0 saturated carbocycles. The van der Waals surface area contributed by atoms with E-state index in [9.17, 15) is 9.59 Å². The van der Waals surface area contributed by atoms with Gasteiger partial charge in [-0.1, -0.05) is 35.9 Å². The maximum atomic E-state index is 13.0. The van der Waals surface area contributed by atoms with Gasteiger partial charge in [-0.2, -0.15) is 0 Å². The Hall–Kier alpha value is -3.83. The van der Waals surface area contributed by atoms with Gasteiger partial charge in [0.15, 0.2) is 0 Å². The second-order valence-corrected chi connectivity index (χ2v) is 10.7. The van der Waals surface area contributed by atoms with Gasteiger partial charge in [0.2, 0.25) is 11.8 Å². The molecule has 10 nitrogen and oxygen atoms in total. The molecule has 11 heteroatoms. The number of rotatable bonds is 11. The Balaban J connectivity index is 1.36. The van der Waals surface area contributed by atoms with Crippen LogP contribution >= 0.6 is 11.6 Å². The molecule has 1 fully saturated rings. The van der Waals surface area contributed by atoms with Crippen molar-refractivity contribution in [3.63, 3.8) is 0 Å². The van der Waals surface area contributed by atoms with E-state index in [-0.39, 0.29) is 23.6 Å². The van der Waals surface area contributed by atoms with Crippen molar-refractivity contribution in [2.45, 2.75) is 44.9 Å². The number of hydrogen-bond acceptors (Lipinski definition) is 8. The third-order valence-electron chi connectivity index (χ3n) is 7.07. The Morgan fingerprint density at radius 3 is 2.71 bits per heavy atom. The van der Waals surface area contributed by atoms with Gasteiger partial charge < -0.3 is 26.4 Å². The van der Waals surface area contributed by atoms with Crippen LogP contribution in [0, 0.1) is 0 Å². The smallest absolute Gasteiger partial charge is 0.262 e. The lowest BCUT2D eigenvalue weighted by atomic mass is 10.0. The van der Waals surface area contributed by atoms with E-state index in [1.807, 2.05) is 49.4 Å². The number of benzene rings is 1. The summed E-state index contributed by atoms with van der Waals surface area (Å²) in [6.07, 6.45) is 4.74. The zero-order valence-corrected chi connectivity index (χ0v) is 23.9. The maximum absolute atomic E-state index is 13.0. The summed E-state index contributed by atoms with van der Waals surface area (Å²) in [4.78, 5) is 33.7. The van der Waals surface area contributed by atoms with E-state index in [0.29, 0.717) is 60.4 Å². The Bertz CT molecular complexity index is 1620. The number of carbonyl (C=O) groups is 1. The summed E-state index contributed by atoms with van der Waals surface area (Å²) in [5.41, 5.74) is 10.7. The first-order valence-electron chi connectivity index (χ1n) is 13.6. The first kappa shape index (κ1) is 28.7. The minimum Gasteiger partial charge on any atom is -0.481 e. The highest BCUT2D eigenvalue weighted by Gasteiger charge is 2.20. The number of amides is 1. The second-order valence-electron chi connectivity index (χ2n) is 10.3. The summed E-state index contributed by atoms with van der Waals surface area (Å²) in [7, 11) is 1.59. The molecule has 2 atom stereocenters. The Kier molecular flexibility index (Phi) is 8.94. The van der Waals surface area contributed by atoms with Crippen molar-refractivity contribution in [1.82, 2.24) is 30.3 Å². The van der Waals surface area contributed by atoms with Crippen molar-refractivity contribution in [3.05, 3.63) is 81.4 Å². The molecule has 1 aliphatic heterocycles. The number of nitrogens with zero attached hydrogens (tertiary/aromatic N) is 3. The molecular formula is C30H34ClN7O3. The fraction of sp³-hybridized carbons (Fsp3) is 0.333. The van der Waals surface area contributed by atoms with Crippen molar-refractivity contribution in [2.24, 2.45) is 5.73 Å². The minimum absolute atomic E-state index is 0.00135. The molecule has 5 N–H and O–H groups in total. The third kappa shape index (κ3) is 6.57. The third-order valence-corrected chi connectivity index (χ3v) is 7.48. The Labute approximate surface area is 243 Å². The number of hydrogen-bond donors (Lipinski definition) is 4. The van der Waals surface area contributed by atoms with Crippen LogP contribution in [0.4, 0.5) is 0 Å². The van der Waals surface area contributed by atoms with E-state index < -0.39 is 0 Å². The van der Waals surface area contributed by atoms with Crippen LogP contribution in [0.1, 0.15) is 30.9 Å². The standard InChI is InChI=1S/C30H34ClN7O3/c1-18(32)13-33-15-21-16-35-26-12-19(10-11-38(26)30(21)40)23-4-3-5-24(28(23)31)25-8-6-20(29(37-25)41-2)14-34-17-22-7-9-27(39)36-22/h3-6,8,10-12,16,18,22,33-34H,7,9,13-15,17,32H2,1-2H3,(H,36,39)/t18?,22-/m0/s1. The molecule has 0 spiro atoms. The number of fused-ring (bicyclic) bond motifs is 1. The topological polar surface area (TPSA) is 136 Å². The highest BCUT2D eigenvalue weighted by atomic mass is 35.5. The summed E-state index contributed by atoms with van der Waals surface area (Å²) in [5.74, 6) is 0.608. The lowest BCUT2D eigenvalue weighted by molar-refractivity contribution is -0.119. The predicted molar refractivity (Wildman–Crippen MR) is 160 cm³/mol. The normalized spacial score (nSPS) is 15.7. The van der Waals surface area contributed by atoms with Gasteiger partial charge >= 0.3 is 0 Å². The van der Waals surface area contributed by atoms with Gasteiger partial charge in [-0.05, 0) is 37.1 Å². The highest BCUT2D eigenvalue weighted by Crippen LogP contribution is 2.36. The van der Waals surface area contributed by atoms with Crippen LogP contribution in [0.15, 0.2) is 59.7 Å². The van der Waals surface area contributed by atoms with Crippen LogP contribution < -0.4 is 32.0 Å². The second kappa shape index (κ2) is 12.8. The number of nitrogens with one attached hydrogen (secondary N) is 3. The van der Waals surface area contributed by atoms with Gasteiger partial charge in [0, 0.05) is 79.3 Å². The summed E-state index contributed by atoms with van der Waals surface area (Å²) >= 11 is 6.94. The summed E-state index contributed by atoms with van der Waals surface area (Å²) in [6.45, 7) is 4.15. The zero-order chi connectivity index (χ0) is 28.9. The number of carbonyl (C=O) groups excluding carboxylic acids is 1. The molecule has 4 aromatic rings. The number of aromatic nitrogens is 3. The van der Waals surface area contributed by atoms with Crippen LogP contribution in [-0.4, -0.2) is 52.6 Å². The van der Waals surface area contributed by atoms with Crippen LogP contribution in [0.2, 0.25) is 5.02 Å². The quantitative estimate of drug-likeness (QED) is 0.214. The molecule has 0 bridgehead atoms. The van der Waals surface area contributed by atoms with Gasteiger partial charge in [0.25, 0.3) is 5.56 Å². The average Bonchev–Trinajstić information content (AvgIpc) is 3.39. The predicted octanol–water partition coefficient (Wildman–Crippen LogP) is 2.89. The summed E-state index contributed by atoms with van der Waals surface area (Å²) in [5, 5.41) is 10.1. The molecule has 214 valence electrons. The van der Waals surface area contributed by atoms with Crippen molar-refractivity contribution in [1.29, 1.82) is 0 Å². The molecule has 1 unspecified atom stereocenters. The first-order valence-corrected chi connectivity index (χ1v) is 14.0. The van der Waals surface area contributed by atoms with Gasteiger partial charge in [0.1, 0.15) is 5.65 Å². The largest absolute Gasteiger partial charge is 0.481 e. The molecule has 5 rings (SSSR count). The van der Waals surface area contributed by atoms with Crippen molar-refractivity contribution in [2.75, 3.05) is 20.2 Å². The van der Waals surface area contributed by atoms with Crippen LogP contribution in [0.25, 0.3) is 28.0 Å². The fourth-order valence-electron chi connectivity index (χ4n) is 4.93. The van der Waals surface area contributed by atoms with Crippen molar-refractivity contribution in [3.8, 4) is 28.3 Å². The number of ether oxygens (including phenoxy) is 1. The average molecular weight is 576 g/mol. The summed E-state index contributed by atoms with van der Waals surface area (Å²) < 4.78 is 7.12. The molecule has 1 saturated heterocycles. The molecule has 3 aromatic heterocycles. The monoisotopic (exact) mass is 575 g/mol.